The molecule has 0 saturated carbocycles. The Morgan fingerprint density at radius 1 is 1.13 bits per heavy atom. The number of nitrogens with zero attached hydrogens (tertiary/aromatic N) is 7. The number of benzene rings is 2. The summed E-state index contributed by atoms with van der Waals surface area (Å²) in [6, 6.07) is 17.7. The maximum atomic E-state index is 9.40. The van der Waals surface area contributed by atoms with Crippen LogP contribution in [0.4, 0.5) is 5.69 Å². The number of hydrogen-bond donors (Lipinski definition) is 0. The van der Waals surface area contributed by atoms with Crippen LogP contribution in [0.5, 0.6) is 0 Å². The van der Waals surface area contributed by atoms with Gasteiger partial charge in [0, 0.05) is 44.0 Å². The van der Waals surface area contributed by atoms with Crippen LogP contribution in [0, 0.1) is 11.3 Å². The van der Waals surface area contributed by atoms with Gasteiger partial charge < -0.3 is 9.64 Å². The van der Waals surface area contributed by atoms with Crippen LogP contribution in [0.1, 0.15) is 23.0 Å². The number of hydrogen-bond acceptors (Lipinski definition) is 7. The molecule has 1 aromatic heterocycles. The molecule has 1 fully saturated rings. The minimum Gasteiger partial charge on any atom is -0.383 e. The Hall–Kier alpha value is -2.99. The fraction of sp³-hybridized carbons (Fsp3) is 0.364. The van der Waals surface area contributed by atoms with E-state index in [4.69, 9.17) is 16.3 Å². The highest BCUT2D eigenvalue weighted by Gasteiger charge is 2.31. The predicted octanol–water partition coefficient (Wildman–Crippen LogP) is 2.76. The minimum atomic E-state index is -0.151. The van der Waals surface area contributed by atoms with Crippen molar-refractivity contribution in [2.24, 2.45) is 0 Å². The summed E-state index contributed by atoms with van der Waals surface area (Å²) in [6.45, 7) is 4.44. The van der Waals surface area contributed by atoms with Gasteiger partial charge in [0.05, 0.1) is 30.8 Å². The number of rotatable bonds is 7. The van der Waals surface area contributed by atoms with Gasteiger partial charge in [-0.3, -0.25) is 4.90 Å². The van der Waals surface area contributed by atoms with Gasteiger partial charge in [-0.05, 0) is 46.3 Å². The summed E-state index contributed by atoms with van der Waals surface area (Å²) in [5.41, 5.74) is 2.75. The molecule has 2 heterocycles. The molecule has 1 unspecified atom stereocenters. The predicted molar refractivity (Wildman–Crippen MR) is 118 cm³/mol. The molecule has 0 N–H and O–H groups in total. The molecule has 4 rings (SSSR count). The standard InChI is InChI=1S/C22H24ClN7O/c1-31-13-12-30-22(25-26-27-30)21(18-5-2-4-17(14-18)16-24)29-10-8-28(9-11-29)20-7-3-6-19(23)15-20/h2-7,14-15,21H,8-13H2,1H3. The van der Waals surface area contributed by atoms with Crippen LogP contribution >= 0.6 is 11.6 Å². The summed E-state index contributed by atoms with van der Waals surface area (Å²) < 4.78 is 7.01. The van der Waals surface area contributed by atoms with Crippen LogP contribution in [0.15, 0.2) is 48.5 Å². The normalized spacial score (nSPS) is 15.6. The van der Waals surface area contributed by atoms with Gasteiger partial charge in [0.2, 0.25) is 0 Å². The molecule has 0 spiro atoms. The lowest BCUT2D eigenvalue weighted by molar-refractivity contribution is 0.172. The van der Waals surface area contributed by atoms with Crippen molar-refractivity contribution < 1.29 is 4.74 Å². The average molecular weight is 438 g/mol. The molecule has 160 valence electrons. The zero-order chi connectivity index (χ0) is 21.6. The van der Waals surface area contributed by atoms with Gasteiger partial charge in [-0.25, -0.2) is 4.68 Å². The SMILES string of the molecule is COCCn1nnnc1C(c1cccc(C#N)c1)N1CCN(c2cccc(Cl)c2)CC1. The molecular formula is C22H24ClN7O. The molecule has 1 saturated heterocycles. The number of tetrazole rings is 1. The molecule has 9 heteroatoms. The van der Waals surface area contributed by atoms with Crippen molar-refractivity contribution >= 4 is 17.3 Å². The number of anilines is 1. The van der Waals surface area contributed by atoms with E-state index in [1.807, 2.05) is 42.5 Å². The van der Waals surface area contributed by atoms with E-state index >= 15 is 0 Å². The molecule has 8 nitrogen and oxygen atoms in total. The molecule has 1 aliphatic heterocycles. The average Bonchev–Trinajstić information content (AvgIpc) is 3.26. The maximum Gasteiger partial charge on any atom is 0.173 e. The highest BCUT2D eigenvalue weighted by Crippen LogP contribution is 2.30. The number of piperazine rings is 1. The molecule has 0 amide bonds. The Kier molecular flexibility index (Phi) is 6.77. The van der Waals surface area contributed by atoms with Crippen LogP contribution in [-0.4, -0.2) is 65.0 Å². The second kappa shape index (κ2) is 9.88. The fourth-order valence-corrected chi connectivity index (χ4v) is 4.14. The quantitative estimate of drug-likeness (QED) is 0.562. The van der Waals surface area contributed by atoms with Crippen molar-refractivity contribution in [3.63, 3.8) is 0 Å². The van der Waals surface area contributed by atoms with E-state index in [2.05, 4.69) is 37.5 Å². The zero-order valence-corrected chi connectivity index (χ0v) is 18.1. The minimum absolute atomic E-state index is 0.151. The van der Waals surface area contributed by atoms with Gasteiger partial charge in [0.1, 0.15) is 0 Å². The largest absolute Gasteiger partial charge is 0.383 e. The van der Waals surface area contributed by atoms with Crippen molar-refractivity contribution in [1.29, 1.82) is 5.26 Å². The van der Waals surface area contributed by atoms with E-state index in [1.54, 1.807) is 11.8 Å². The lowest BCUT2D eigenvalue weighted by Gasteiger charge is -2.40. The Morgan fingerprint density at radius 3 is 2.68 bits per heavy atom. The van der Waals surface area contributed by atoms with E-state index in [0.717, 1.165) is 48.3 Å². The first kappa shape index (κ1) is 21.2. The number of aromatic nitrogens is 4. The topological polar surface area (TPSA) is 83.1 Å². The van der Waals surface area contributed by atoms with E-state index in [0.29, 0.717) is 18.7 Å². The second-order valence-electron chi connectivity index (χ2n) is 7.40. The molecule has 0 radical (unpaired) electrons. The van der Waals surface area contributed by atoms with E-state index in [1.165, 1.54) is 0 Å². The highest BCUT2D eigenvalue weighted by atomic mass is 35.5. The van der Waals surface area contributed by atoms with Crippen LogP contribution in [0.25, 0.3) is 0 Å². The van der Waals surface area contributed by atoms with Crippen molar-refractivity contribution in [3.8, 4) is 6.07 Å². The molecular weight excluding hydrogens is 414 g/mol. The van der Waals surface area contributed by atoms with Crippen LogP contribution < -0.4 is 4.90 Å². The van der Waals surface area contributed by atoms with E-state index in [-0.39, 0.29) is 6.04 Å². The lowest BCUT2D eigenvalue weighted by Crippen LogP contribution is -2.48. The maximum absolute atomic E-state index is 9.40. The molecule has 0 aliphatic carbocycles. The first-order valence-electron chi connectivity index (χ1n) is 10.2. The molecule has 1 atom stereocenters. The molecule has 1 aliphatic rings. The number of halogens is 1. The monoisotopic (exact) mass is 437 g/mol. The summed E-state index contributed by atoms with van der Waals surface area (Å²) in [7, 11) is 1.66. The highest BCUT2D eigenvalue weighted by molar-refractivity contribution is 6.30. The Labute approximate surface area is 186 Å². The van der Waals surface area contributed by atoms with Crippen LogP contribution in [0.2, 0.25) is 5.02 Å². The summed E-state index contributed by atoms with van der Waals surface area (Å²) in [5, 5.41) is 22.6. The first-order chi connectivity index (χ1) is 15.2. The summed E-state index contributed by atoms with van der Waals surface area (Å²) in [6.07, 6.45) is 0. The third-order valence-electron chi connectivity index (χ3n) is 5.50. The first-order valence-corrected chi connectivity index (χ1v) is 10.6. The number of ether oxygens (including phenoxy) is 1. The summed E-state index contributed by atoms with van der Waals surface area (Å²) in [5.74, 6) is 0.753. The molecule has 2 aromatic carbocycles. The van der Waals surface area contributed by atoms with Crippen LogP contribution in [-0.2, 0) is 11.3 Å². The van der Waals surface area contributed by atoms with Crippen molar-refractivity contribution in [1.82, 2.24) is 25.1 Å². The van der Waals surface area contributed by atoms with Gasteiger partial charge in [-0.15, -0.1) is 5.10 Å². The van der Waals surface area contributed by atoms with Crippen molar-refractivity contribution in [3.05, 3.63) is 70.5 Å². The van der Waals surface area contributed by atoms with Crippen molar-refractivity contribution in [2.75, 3.05) is 44.8 Å². The summed E-state index contributed by atoms with van der Waals surface area (Å²) in [4.78, 5) is 4.70. The van der Waals surface area contributed by atoms with Gasteiger partial charge in [-0.2, -0.15) is 5.26 Å². The zero-order valence-electron chi connectivity index (χ0n) is 17.4. The van der Waals surface area contributed by atoms with Gasteiger partial charge in [0.15, 0.2) is 5.82 Å². The fourth-order valence-electron chi connectivity index (χ4n) is 3.96. The third kappa shape index (κ3) is 4.85. The number of nitriles is 1. The Bertz CT molecular complexity index is 1060. The van der Waals surface area contributed by atoms with Gasteiger partial charge >= 0.3 is 0 Å². The Balaban J connectivity index is 1.61. The smallest absolute Gasteiger partial charge is 0.173 e. The van der Waals surface area contributed by atoms with E-state index in [9.17, 15) is 5.26 Å². The Morgan fingerprint density at radius 2 is 1.94 bits per heavy atom. The van der Waals surface area contributed by atoms with Gasteiger partial charge in [0.25, 0.3) is 0 Å². The van der Waals surface area contributed by atoms with Gasteiger partial charge in [-0.1, -0.05) is 29.8 Å². The lowest BCUT2D eigenvalue weighted by atomic mass is 10.0. The van der Waals surface area contributed by atoms with Crippen molar-refractivity contribution in [2.45, 2.75) is 12.6 Å². The second-order valence-corrected chi connectivity index (χ2v) is 7.83. The van der Waals surface area contributed by atoms with Crippen LogP contribution in [0.3, 0.4) is 0 Å². The number of methoxy groups -OCH3 is 1. The summed E-state index contributed by atoms with van der Waals surface area (Å²) >= 11 is 6.18. The molecule has 0 bridgehead atoms. The van der Waals surface area contributed by atoms with E-state index < -0.39 is 0 Å². The third-order valence-corrected chi connectivity index (χ3v) is 5.73. The molecule has 3 aromatic rings. The molecule has 31 heavy (non-hydrogen) atoms.